The summed E-state index contributed by atoms with van der Waals surface area (Å²) in [6.45, 7) is 9.76. The highest BCUT2D eigenvalue weighted by molar-refractivity contribution is 6.31. The van der Waals surface area contributed by atoms with Crippen molar-refractivity contribution < 1.29 is 9.53 Å². The van der Waals surface area contributed by atoms with Crippen molar-refractivity contribution in [1.82, 2.24) is 15.2 Å². The van der Waals surface area contributed by atoms with Crippen LogP contribution in [0.1, 0.15) is 38.7 Å². The zero-order chi connectivity index (χ0) is 29.7. The molecule has 0 aliphatic carbocycles. The standard InChI is InChI=1S/C34H42ClN5O2/c1-4-40(5-2)21-11-20-38-33-28-16-15-26(35)22-30(28)39-34-29(33)23-27(42-3)24-31(34)36-18-9-10-19-37-32(41)17-14-25-12-7-6-8-13-25/h6-8,12-17,22-24,36H,4-5,9-11,18-21H2,1-3H3,(H,37,41)(H,38,39)/b17-14+. The van der Waals surface area contributed by atoms with Crippen molar-refractivity contribution in [3.63, 3.8) is 0 Å². The Balaban J connectivity index is 1.43. The summed E-state index contributed by atoms with van der Waals surface area (Å²) in [4.78, 5) is 19.6. The Morgan fingerprint density at radius 1 is 0.929 bits per heavy atom. The second kappa shape index (κ2) is 16.0. The number of carbonyl (C=O) groups excluding carboxylic acids is 1. The molecule has 0 radical (unpaired) electrons. The molecule has 0 unspecified atom stereocenters. The SMILES string of the molecule is CCN(CC)CCCNc1c2ccc(Cl)cc2nc2c(NCCCCNC(=O)/C=C/c3ccccc3)cc(OC)cc12. The van der Waals surface area contributed by atoms with E-state index in [0.717, 1.165) is 96.5 Å². The van der Waals surface area contributed by atoms with Gasteiger partial charge >= 0.3 is 0 Å². The molecule has 0 bridgehead atoms. The molecule has 0 aliphatic heterocycles. The van der Waals surface area contributed by atoms with Crippen molar-refractivity contribution in [2.75, 3.05) is 57.0 Å². The Kier molecular flexibility index (Phi) is 11.9. The zero-order valence-corrected chi connectivity index (χ0v) is 25.6. The first kappa shape index (κ1) is 31.1. The van der Waals surface area contributed by atoms with E-state index in [9.17, 15) is 4.79 Å². The molecule has 0 spiro atoms. The lowest BCUT2D eigenvalue weighted by molar-refractivity contribution is -0.116. The first-order chi connectivity index (χ1) is 20.5. The van der Waals surface area contributed by atoms with Crippen molar-refractivity contribution in [2.24, 2.45) is 0 Å². The minimum atomic E-state index is -0.0857. The van der Waals surface area contributed by atoms with Crippen molar-refractivity contribution in [3.8, 4) is 5.75 Å². The van der Waals surface area contributed by atoms with Crippen LogP contribution in [0, 0.1) is 0 Å². The van der Waals surface area contributed by atoms with E-state index in [0.29, 0.717) is 11.6 Å². The molecule has 8 heteroatoms. The normalized spacial score (nSPS) is 11.5. The molecule has 0 saturated carbocycles. The summed E-state index contributed by atoms with van der Waals surface area (Å²) in [6, 6.07) is 19.7. The number of hydrogen-bond acceptors (Lipinski definition) is 6. The van der Waals surface area contributed by atoms with Crippen LogP contribution in [-0.4, -0.2) is 62.2 Å². The van der Waals surface area contributed by atoms with Gasteiger partial charge in [-0.3, -0.25) is 4.79 Å². The molecule has 1 amide bonds. The predicted octanol–water partition coefficient (Wildman–Crippen LogP) is 7.22. The summed E-state index contributed by atoms with van der Waals surface area (Å²) in [5, 5.41) is 12.9. The molecule has 0 saturated heterocycles. The number of carbonyl (C=O) groups is 1. The van der Waals surface area contributed by atoms with Gasteiger partial charge in [0.2, 0.25) is 5.91 Å². The molecule has 3 aromatic carbocycles. The highest BCUT2D eigenvalue weighted by atomic mass is 35.5. The Labute approximate surface area is 254 Å². The Morgan fingerprint density at radius 2 is 1.69 bits per heavy atom. The minimum Gasteiger partial charge on any atom is -0.497 e. The molecule has 222 valence electrons. The van der Waals surface area contributed by atoms with Crippen LogP contribution in [0.2, 0.25) is 5.02 Å². The molecule has 4 rings (SSSR count). The molecule has 1 heterocycles. The van der Waals surface area contributed by atoms with Gasteiger partial charge in [-0.25, -0.2) is 4.98 Å². The summed E-state index contributed by atoms with van der Waals surface area (Å²) in [6.07, 6.45) is 6.17. The molecular weight excluding hydrogens is 546 g/mol. The molecule has 4 aromatic rings. The smallest absolute Gasteiger partial charge is 0.243 e. The number of ether oxygens (including phenoxy) is 1. The van der Waals surface area contributed by atoms with Gasteiger partial charge in [0, 0.05) is 47.6 Å². The quantitative estimate of drug-likeness (QED) is 0.0730. The van der Waals surface area contributed by atoms with Crippen LogP contribution in [0.3, 0.4) is 0 Å². The van der Waals surface area contributed by atoms with E-state index >= 15 is 0 Å². The van der Waals surface area contributed by atoms with Crippen molar-refractivity contribution >= 4 is 56.8 Å². The summed E-state index contributed by atoms with van der Waals surface area (Å²) >= 11 is 6.37. The lowest BCUT2D eigenvalue weighted by atomic mass is 10.1. The number of amides is 1. The van der Waals surface area contributed by atoms with Crippen LogP contribution < -0.4 is 20.7 Å². The number of benzene rings is 3. The zero-order valence-electron chi connectivity index (χ0n) is 24.9. The van der Waals surface area contributed by atoms with E-state index in [4.69, 9.17) is 21.3 Å². The summed E-state index contributed by atoms with van der Waals surface area (Å²) < 4.78 is 5.68. The van der Waals surface area contributed by atoms with Gasteiger partial charge in [0.15, 0.2) is 0 Å². The van der Waals surface area contributed by atoms with E-state index in [1.165, 1.54) is 0 Å². The largest absolute Gasteiger partial charge is 0.497 e. The van der Waals surface area contributed by atoms with Gasteiger partial charge in [-0.1, -0.05) is 55.8 Å². The van der Waals surface area contributed by atoms with Crippen LogP contribution in [0.15, 0.2) is 66.7 Å². The lowest BCUT2D eigenvalue weighted by Crippen LogP contribution is -2.25. The molecule has 0 aliphatic rings. The molecule has 0 atom stereocenters. The third-order valence-electron chi connectivity index (χ3n) is 7.34. The number of hydrogen-bond donors (Lipinski definition) is 3. The summed E-state index contributed by atoms with van der Waals surface area (Å²) in [5.74, 6) is 0.682. The third-order valence-corrected chi connectivity index (χ3v) is 7.58. The second-order valence-corrected chi connectivity index (χ2v) is 10.6. The van der Waals surface area contributed by atoms with Crippen molar-refractivity contribution in [1.29, 1.82) is 0 Å². The fourth-order valence-corrected chi connectivity index (χ4v) is 5.14. The Bertz CT molecular complexity index is 1490. The molecule has 42 heavy (non-hydrogen) atoms. The average Bonchev–Trinajstić information content (AvgIpc) is 3.01. The number of nitrogens with one attached hydrogen (secondary N) is 3. The van der Waals surface area contributed by atoms with E-state index in [-0.39, 0.29) is 5.91 Å². The molecule has 7 nitrogen and oxygen atoms in total. The Hall–Kier alpha value is -3.81. The van der Waals surface area contributed by atoms with E-state index < -0.39 is 0 Å². The summed E-state index contributed by atoms with van der Waals surface area (Å²) in [5.41, 5.74) is 4.67. The number of aromatic nitrogens is 1. The van der Waals surface area contributed by atoms with Crippen LogP contribution in [-0.2, 0) is 4.79 Å². The fraction of sp³-hybridized carbons (Fsp3) is 0.353. The first-order valence-corrected chi connectivity index (χ1v) is 15.2. The topological polar surface area (TPSA) is 78.5 Å². The first-order valence-electron chi connectivity index (χ1n) is 14.8. The maximum atomic E-state index is 12.2. The van der Waals surface area contributed by atoms with Crippen LogP contribution in [0.5, 0.6) is 5.75 Å². The molecule has 0 fully saturated rings. The van der Waals surface area contributed by atoms with Crippen LogP contribution in [0.4, 0.5) is 11.4 Å². The van der Waals surface area contributed by atoms with E-state index in [2.05, 4.69) is 34.7 Å². The molecule has 1 aromatic heterocycles. The van der Waals surface area contributed by atoms with Gasteiger partial charge < -0.3 is 25.6 Å². The third kappa shape index (κ3) is 8.60. The van der Waals surface area contributed by atoms with Gasteiger partial charge in [0.05, 0.1) is 29.5 Å². The van der Waals surface area contributed by atoms with Gasteiger partial charge in [-0.05, 0) is 74.8 Å². The van der Waals surface area contributed by atoms with E-state index in [1.54, 1.807) is 13.2 Å². The number of nitrogens with zero attached hydrogens (tertiary/aromatic N) is 2. The molecule has 3 N–H and O–H groups in total. The average molecular weight is 588 g/mol. The number of pyridine rings is 1. The van der Waals surface area contributed by atoms with Crippen molar-refractivity contribution in [2.45, 2.75) is 33.1 Å². The fourth-order valence-electron chi connectivity index (χ4n) is 4.97. The number of anilines is 2. The van der Waals surface area contributed by atoms with Gasteiger partial charge in [-0.15, -0.1) is 0 Å². The number of fused-ring (bicyclic) bond motifs is 2. The second-order valence-electron chi connectivity index (χ2n) is 10.2. The predicted molar refractivity (Wildman–Crippen MR) is 178 cm³/mol. The number of rotatable bonds is 16. The Morgan fingerprint density at radius 3 is 2.45 bits per heavy atom. The maximum absolute atomic E-state index is 12.2. The highest BCUT2D eigenvalue weighted by Gasteiger charge is 2.15. The minimum absolute atomic E-state index is 0.0857. The van der Waals surface area contributed by atoms with Crippen LogP contribution >= 0.6 is 11.6 Å². The lowest BCUT2D eigenvalue weighted by Gasteiger charge is -2.20. The van der Waals surface area contributed by atoms with Gasteiger partial charge in [-0.2, -0.15) is 0 Å². The summed E-state index contributed by atoms with van der Waals surface area (Å²) in [7, 11) is 1.69. The maximum Gasteiger partial charge on any atom is 0.243 e. The van der Waals surface area contributed by atoms with Gasteiger partial charge in [0.1, 0.15) is 5.75 Å². The highest BCUT2D eigenvalue weighted by Crippen LogP contribution is 2.38. The van der Waals surface area contributed by atoms with Gasteiger partial charge in [0.25, 0.3) is 0 Å². The molecular formula is C34H42ClN5O2. The number of halogens is 1. The monoisotopic (exact) mass is 587 g/mol. The number of unbranched alkanes of at least 4 members (excludes halogenated alkanes) is 1. The van der Waals surface area contributed by atoms with Crippen molar-refractivity contribution in [3.05, 3.63) is 77.3 Å². The van der Waals surface area contributed by atoms with E-state index in [1.807, 2.05) is 66.7 Å². The van der Waals surface area contributed by atoms with Crippen LogP contribution in [0.25, 0.3) is 27.9 Å². The number of methoxy groups -OCH3 is 1.